The maximum absolute atomic E-state index is 6.28. The lowest BCUT2D eigenvalue weighted by molar-refractivity contribution is 0.164. The standard InChI is InChI=1S/C26H30N2O2/c1-2-9-24(28-18-16-27-17-19-28)21-14-15-25(29-22-10-5-3-6-11-22)26(20-21)30-23-12-7-4-8-13-23/h3-8,10-15,20,24,27H,2,9,16-19H2,1H3/t24-/m1/s1. The zero-order valence-electron chi connectivity index (χ0n) is 17.6. The average molecular weight is 403 g/mol. The van der Waals surface area contributed by atoms with E-state index >= 15 is 0 Å². The van der Waals surface area contributed by atoms with E-state index in [1.54, 1.807) is 0 Å². The van der Waals surface area contributed by atoms with Gasteiger partial charge in [-0.25, -0.2) is 0 Å². The van der Waals surface area contributed by atoms with Gasteiger partial charge in [0, 0.05) is 32.2 Å². The third-order valence-corrected chi connectivity index (χ3v) is 5.45. The van der Waals surface area contributed by atoms with Gasteiger partial charge in [0.05, 0.1) is 0 Å². The van der Waals surface area contributed by atoms with Crippen LogP contribution in [0.25, 0.3) is 0 Å². The van der Waals surface area contributed by atoms with E-state index in [4.69, 9.17) is 9.47 Å². The van der Waals surface area contributed by atoms with E-state index in [0.717, 1.165) is 62.0 Å². The molecule has 156 valence electrons. The van der Waals surface area contributed by atoms with Crippen LogP contribution in [0, 0.1) is 0 Å². The van der Waals surface area contributed by atoms with Crippen LogP contribution < -0.4 is 14.8 Å². The fourth-order valence-electron chi connectivity index (χ4n) is 3.95. The molecule has 1 atom stereocenters. The SMILES string of the molecule is CCC[C@H](c1ccc(Oc2ccccc2)c(Oc2ccccc2)c1)N1CCNCC1. The molecule has 4 heteroatoms. The van der Waals surface area contributed by atoms with Crippen LogP contribution in [0.2, 0.25) is 0 Å². The number of ether oxygens (including phenoxy) is 2. The van der Waals surface area contributed by atoms with Crippen molar-refractivity contribution in [3.63, 3.8) is 0 Å². The summed E-state index contributed by atoms with van der Waals surface area (Å²) in [7, 11) is 0. The van der Waals surface area contributed by atoms with Gasteiger partial charge in [0.2, 0.25) is 0 Å². The van der Waals surface area contributed by atoms with E-state index in [9.17, 15) is 0 Å². The van der Waals surface area contributed by atoms with E-state index in [1.165, 1.54) is 5.56 Å². The molecule has 1 fully saturated rings. The van der Waals surface area contributed by atoms with Crippen molar-refractivity contribution in [1.29, 1.82) is 0 Å². The van der Waals surface area contributed by atoms with Crippen LogP contribution in [0.3, 0.4) is 0 Å². The summed E-state index contributed by atoms with van der Waals surface area (Å²) in [6.45, 7) is 6.48. The van der Waals surface area contributed by atoms with Crippen LogP contribution in [0.1, 0.15) is 31.4 Å². The lowest BCUT2D eigenvalue weighted by atomic mass is 9.99. The lowest BCUT2D eigenvalue weighted by Crippen LogP contribution is -2.45. The molecule has 0 aliphatic carbocycles. The first-order valence-corrected chi connectivity index (χ1v) is 10.9. The first-order chi connectivity index (χ1) is 14.8. The van der Waals surface area contributed by atoms with Crippen LogP contribution in [-0.4, -0.2) is 31.1 Å². The predicted molar refractivity (Wildman–Crippen MR) is 122 cm³/mol. The first-order valence-electron chi connectivity index (χ1n) is 10.9. The van der Waals surface area contributed by atoms with E-state index < -0.39 is 0 Å². The Balaban J connectivity index is 1.66. The molecule has 30 heavy (non-hydrogen) atoms. The Morgan fingerprint density at radius 1 is 0.800 bits per heavy atom. The zero-order chi connectivity index (χ0) is 20.6. The summed E-state index contributed by atoms with van der Waals surface area (Å²) in [6, 6.07) is 26.5. The number of benzene rings is 3. The van der Waals surface area contributed by atoms with Crippen LogP contribution in [0.5, 0.6) is 23.0 Å². The number of nitrogens with zero attached hydrogens (tertiary/aromatic N) is 1. The van der Waals surface area contributed by atoms with Gasteiger partial charge in [-0.3, -0.25) is 4.90 Å². The molecular weight excluding hydrogens is 372 g/mol. The van der Waals surface area contributed by atoms with Crippen LogP contribution >= 0.6 is 0 Å². The Morgan fingerprint density at radius 2 is 1.40 bits per heavy atom. The lowest BCUT2D eigenvalue weighted by Gasteiger charge is -2.35. The van der Waals surface area contributed by atoms with Gasteiger partial charge >= 0.3 is 0 Å². The Morgan fingerprint density at radius 3 is 2.00 bits per heavy atom. The summed E-state index contributed by atoms with van der Waals surface area (Å²) in [4.78, 5) is 2.58. The Bertz CT molecular complexity index is 909. The minimum Gasteiger partial charge on any atom is -0.453 e. The minimum absolute atomic E-state index is 0.390. The second-order valence-corrected chi connectivity index (χ2v) is 7.63. The summed E-state index contributed by atoms with van der Waals surface area (Å²) in [5.41, 5.74) is 1.28. The van der Waals surface area contributed by atoms with Gasteiger partial charge in [-0.1, -0.05) is 55.8 Å². The molecule has 0 bridgehead atoms. The fraction of sp³-hybridized carbons (Fsp3) is 0.308. The molecule has 0 aromatic heterocycles. The van der Waals surface area contributed by atoms with Crippen molar-refractivity contribution in [2.45, 2.75) is 25.8 Å². The number of nitrogens with one attached hydrogen (secondary N) is 1. The number of para-hydroxylation sites is 2. The monoisotopic (exact) mass is 402 g/mol. The molecule has 0 radical (unpaired) electrons. The molecule has 3 aromatic carbocycles. The maximum atomic E-state index is 6.28. The van der Waals surface area contributed by atoms with Crippen molar-refractivity contribution in [2.75, 3.05) is 26.2 Å². The van der Waals surface area contributed by atoms with Crippen LogP contribution in [0.15, 0.2) is 78.9 Å². The van der Waals surface area contributed by atoms with Gasteiger partial charge in [-0.15, -0.1) is 0 Å². The highest BCUT2D eigenvalue weighted by Gasteiger charge is 2.23. The molecule has 1 aliphatic heterocycles. The number of piperazine rings is 1. The van der Waals surface area contributed by atoms with Crippen molar-refractivity contribution in [3.05, 3.63) is 84.4 Å². The van der Waals surface area contributed by atoms with Crippen molar-refractivity contribution in [1.82, 2.24) is 10.2 Å². The molecule has 0 amide bonds. The second kappa shape index (κ2) is 10.3. The maximum Gasteiger partial charge on any atom is 0.170 e. The van der Waals surface area contributed by atoms with E-state index in [-0.39, 0.29) is 0 Å². The highest BCUT2D eigenvalue weighted by atomic mass is 16.5. The van der Waals surface area contributed by atoms with E-state index in [2.05, 4.69) is 29.3 Å². The largest absolute Gasteiger partial charge is 0.453 e. The van der Waals surface area contributed by atoms with Crippen LogP contribution in [0.4, 0.5) is 0 Å². The molecule has 0 saturated carbocycles. The zero-order valence-corrected chi connectivity index (χ0v) is 17.6. The molecule has 4 nitrogen and oxygen atoms in total. The van der Waals surface area contributed by atoms with Crippen LogP contribution in [-0.2, 0) is 0 Å². The summed E-state index contributed by atoms with van der Waals surface area (Å²) in [6.07, 6.45) is 2.27. The number of rotatable bonds is 8. The van der Waals surface area contributed by atoms with Gasteiger partial charge in [0.1, 0.15) is 11.5 Å². The van der Waals surface area contributed by atoms with Crippen molar-refractivity contribution < 1.29 is 9.47 Å². The molecule has 4 rings (SSSR count). The molecule has 0 spiro atoms. The molecule has 1 heterocycles. The molecule has 1 N–H and O–H groups in total. The topological polar surface area (TPSA) is 33.7 Å². The highest BCUT2D eigenvalue weighted by molar-refractivity contribution is 5.48. The van der Waals surface area contributed by atoms with E-state index in [1.807, 2.05) is 66.7 Å². The number of hydrogen-bond acceptors (Lipinski definition) is 4. The first kappa shape index (κ1) is 20.5. The van der Waals surface area contributed by atoms with E-state index in [0.29, 0.717) is 6.04 Å². The normalized spacial score (nSPS) is 15.5. The third-order valence-electron chi connectivity index (χ3n) is 5.45. The third kappa shape index (κ3) is 5.21. The van der Waals surface area contributed by atoms with Crippen molar-refractivity contribution in [3.8, 4) is 23.0 Å². The summed E-state index contributed by atoms with van der Waals surface area (Å²) >= 11 is 0. The molecule has 1 saturated heterocycles. The average Bonchev–Trinajstić information content (AvgIpc) is 2.81. The van der Waals surface area contributed by atoms with Gasteiger partial charge < -0.3 is 14.8 Å². The van der Waals surface area contributed by atoms with Gasteiger partial charge in [0.25, 0.3) is 0 Å². The molecule has 3 aromatic rings. The molecule has 0 unspecified atom stereocenters. The number of hydrogen-bond donors (Lipinski definition) is 1. The molecular formula is C26H30N2O2. The summed E-state index contributed by atoms with van der Waals surface area (Å²) in [5, 5.41) is 3.46. The Labute approximate surface area is 179 Å². The van der Waals surface area contributed by atoms with Gasteiger partial charge in [-0.05, 0) is 48.4 Å². The highest BCUT2D eigenvalue weighted by Crippen LogP contribution is 2.38. The van der Waals surface area contributed by atoms with Gasteiger partial charge in [0.15, 0.2) is 11.5 Å². The predicted octanol–water partition coefficient (Wildman–Crippen LogP) is 6.02. The Hall–Kier alpha value is -2.82. The quantitative estimate of drug-likeness (QED) is 0.500. The summed E-state index contributed by atoms with van der Waals surface area (Å²) < 4.78 is 12.5. The fourth-order valence-corrected chi connectivity index (χ4v) is 3.95. The van der Waals surface area contributed by atoms with Crippen molar-refractivity contribution >= 4 is 0 Å². The van der Waals surface area contributed by atoms with Gasteiger partial charge in [-0.2, -0.15) is 0 Å². The second-order valence-electron chi connectivity index (χ2n) is 7.63. The molecule has 1 aliphatic rings. The van der Waals surface area contributed by atoms with Crippen molar-refractivity contribution in [2.24, 2.45) is 0 Å². The minimum atomic E-state index is 0.390. The smallest absolute Gasteiger partial charge is 0.170 e. The Kier molecular flexibility index (Phi) is 7.01. The summed E-state index contributed by atoms with van der Waals surface area (Å²) in [5.74, 6) is 3.08.